The number of esters is 1. The van der Waals surface area contributed by atoms with Gasteiger partial charge in [-0.1, -0.05) is 96.3 Å². The highest BCUT2D eigenvalue weighted by Gasteiger charge is 2.34. The molecule has 0 radical (unpaired) electrons. The summed E-state index contributed by atoms with van der Waals surface area (Å²) in [6, 6.07) is 30.9. The molecule has 0 fully saturated rings. The number of benzene rings is 4. The van der Waals surface area contributed by atoms with E-state index in [1.54, 1.807) is 18.4 Å². The normalized spacial score (nSPS) is 15.0. The molecular formula is C34H28N2O4S. The van der Waals surface area contributed by atoms with Crippen LogP contribution in [-0.2, 0) is 16.1 Å². The first-order chi connectivity index (χ1) is 20.0. The maximum atomic E-state index is 14.0. The van der Waals surface area contributed by atoms with E-state index in [0.717, 1.165) is 27.5 Å². The Kier molecular flexibility index (Phi) is 7.35. The third-order valence-corrected chi connectivity index (χ3v) is 8.02. The second kappa shape index (κ2) is 11.4. The highest BCUT2D eigenvalue weighted by molar-refractivity contribution is 7.07. The zero-order valence-electron chi connectivity index (χ0n) is 22.7. The van der Waals surface area contributed by atoms with Crippen LogP contribution in [0.4, 0.5) is 0 Å². The first-order valence-electron chi connectivity index (χ1n) is 13.5. The molecule has 0 saturated heterocycles. The maximum absolute atomic E-state index is 14.0. The van der Waals surface area contributed by atoms with Crippen LogP contribution in [-0.4, -0.2) is 17.1 Å². The van der Waals surface area contributed by atoms with Gasteiger partial charge in [0.1, 0.15) is 12.4 Å². The predicted octanol–water partition coefficient (Wildman–Crippen LogP) is 5.53. The Balaban J connectivity index is 1.46. The summed E-state index contributed by atoms with van der Waals surface area (Å²) >= 11 is 1.31. The molecule has 0 N–H and O–H groups in total. The number of carbonyl (C=O) groups excluding carboxylic acids is 1. The minimum Gasteiger partial charge on any atom is -0.489 e. The zero-order valence-corrected chi connectivity index (χ0v) is 23.6. The van der Waals surface area contributed by atoms with Crippen LogP contribution >= 0.6 is 11.3 Å². The molecule has 6 rings (SSSR count). The van der Waals surface area contributed by atoms with Crippen LogP contribution in [0.2, 0.25) is 0 Å². The average Bonchev–Trinajstić information content (AvgIpc) is 3.29. The van der Waals surface area contributed by atoms with Gasteiger partial charge in [-0.05, 0) is 59.5 Å². The molecule has 1 aliphatic heterocycles. The Bertz CT molecular complexity index is 1970. The van der Waals surface area contributed by atoms with Crippen molar-refractivity contribution in [1.82, 2.24) is 4.57 Å². The first kappa shape index (κ1) is 26.5. The fourth-order valence-corrected chi connectivity index (χ4v) is 6.21. The number of allylic oxidation sites excluding steroid dienone is 1. The predicted molar refractivity (Wildman–Crippen MR) is 162 cm³/mol. The largest absolute Gasteiger partial charge is 0.489 e. The molecule has 5 aromatic rings. The van der Waals surface area contributed by atoms with E-state index in [-0.39, 0.29) is 12.2 Å². The Morgan fingerprint density at radius 2 is 1.73 bits per heavy atom. The summed E-state index contributed by atoms with van der Waals surface area (Å²) in [7, 11) is 0. The van der Waals surface area contributed by atoms with Gasteiger partial charge in [0, 0.05) is 0 Å². The molecule has 1 atom stereocenters. The van der Waals surface area contributed by atoms with Crippen LogP contribution in [0.3, 0.4) is 0 Å². The Hall–Kier alpha value is -4.75. The zero-order chi connectivity index (χ0) is 28.3. The minimum atomic E-state index is -0.668. The Labute approximate surface area is 241 Å². The van der Waals surface area contributed by atoms with Crippen molar-refractivity contribution in [3.63, 3.8) is 0 Å². The number of thiazole rings is 1. The number of fused-ring (bicyclic) bond motifs is 2. The number of hydrogen-bond acceptors (Lipinski definition) is 6. The molecule has 1 aliphatic rings. The second-order valence-electron chi connectivity index (χ2n) is 9.72. The van der Waals surface area contributed by atoms with E-state index < -0.39 is 12.0 Å². The van der Waals surface area contributed by atoms with Crippen LogP contribution in [0, 0.1) is 0 Å². The van der Waals surface area contributed by atoms with Crippen molar-refractivity contribution >= 4 is 34.2 Å². The summed E-state index contributed by atoms with van der Waals surface area (Å²) < 4.78 is 13.6. The third-order valence-electron chi connectivity index (χ3n) is 7.04. The molecule has 0 unspecified atom stereocenters. The lowest BCUT2D eigenvalue weighted by atomic mass is 9.91. The van der Waals surface area contributed by atoms with Gasteiger partial charge in [-0.15, -0.1) is 0 Å². The van der Waals surface area contributed by atoms with Gasteiger partial charge < -0.3 is 9.47 Å². The summed E-state index contributed by atoms with van der Waals surface area (Å²) in [4.78, 5) is 32.6. The summed E-state index contributed by atoms with van der Waals surface area (Å²) in [5, 5.41) is 1.99. The van der Waals surface area contributed by atoms with E-state index in [1.165, 1.54) is 11.3 Å². The van der Waals surface area contributed by atoms with Crippen molar-refractivity contribution < 1.29 is 14.3 Å². The van der Waals surface area contributed by atoms with Crippen molar-refractivity contribution in [2.45, 2.75) is 26.5 Å². The Morgan fingerprint density at radius 3 is 2.56 bits per heavy atom. The summed E-state index contributed by atoms with van der Waals surface area (Å²) in [6.45, 7) is 4.25. The summed E-state index contributed by atoms with van der Waals surface area (Å²) in [5.74, 6) is 0.244. The molecule has 6 nitrogen and oxygen atoms in total. The maximum Gasteiger partial charge on any atom is 0.338 e. The quantitative estimate of drug-likeness (QED) is 0.246. The molecule has 0 spiro atoms. The highest BCUT2D eigenvalue weighted by Crippen LogP contribution is 2.34. The van der Waals surface area contributed by atoms with Crippen LogP contribution in [0.15, 0.2) is 118 Å². The standard InChI is InChI=1S/C34H28N2O4S/c1-3-39-33(38)30-22(2)35-34-36(31(30)28-18-10-15-25-14-7-8-17-27(25)28)32(37)29(41-34)20-24-13-9-16-26(19-24)40-21-23-11-5-4-6-12-23/h4-20,31H,3,21H2,1-2H3/b29-20-/t31-/m1/s1. The number of carbonyl (C=O) groups is 1. The molecule has 204 valence electrons. The molecule has 0 aliphatic carbocycles. The molecule has 0 bridgehead atoms. The van der Waals surface area contributed by atoms with Crippen LogP contribution in [0.5, 0.6) is 5.75 Å². The molecule has 7 heteroatoms. The average molecular weight is 561 g/mol. The third kappa shape index (κ3) is 5.24. The first-order valence-corrected chi connectivity index (χ1v) is 14.3. The number of aromatic nitrogens is 1. The van der Waals surface area contributed by atoms with Gasteiger partial charge in [0.25, 0.3) is 5.56 Å². The lowest BCUT2D eigenvalue weighted by Crippen LogP contribution is -2.40. The molecule has 0 saturated carbocycles. The molecular weight excluding hydrogens is 532 g/mol. The SMILES string of the molecule is CCOC(=O)C1=C(C)N=c2s/c(=C\c3cccc(OCc4ccccc4)c3)c(=O)n2[C@@H]1c1cccc2ccccc12. The van der Waals surface area contributed by atoms with Gasteiger partial charge in [0.2, 0.25) is 0 Å². The minimum absolute atomic E-state index is 0.211. The van der Waals surface area contributed by atoms with Crippen molar-refractivity contribution in [2.24, 2.45) is 4.99 Å². The lowest BCUT2D eigenvalue weighted by Gasteiger charge is -2.25. The van der Waals surface area contributed by atoms with Crippen molar-refractivity contribution in [1.29, 1.82) is 0 Å². The fourth-order valence-electron chi connectivity index (χ4n) is 5.16. The molecule has 1 aromatic heterocycles. The van der Waals surface area contributed by atoms with E-state index in [2.05, 4.69) is 0 Å². The van der Waals surface area contributed by atoms with Gasteiger partial charge in [-0.3, -0.25) is 9.36 Å². The number of ether oxygens (including phenoxy) is 2. The van der Waals surface area contributed by atoms with Gasteiger partial charge in [0.05, 0.1) is 28.5 Å². The highest BCUT2D eigenvalue weighted by atomic mass is 32.1. The molecule has 41 heavy (non-hydrogen) atoms. The van der Waals surface area contributed by atoms with Gasteiger partial charge in [0.15, 0.2) is 4.80 Å². The fraction of sp³-hybridized carbons (Fsp3) is 0.147. The van der Waals surface area contributed by atoms with E-state index in [1.807, 2.05) is 103 Å². The van der Waals surface area contributed by atoms with Crippen LogP contribution in [0.1, 0.15) is 36.6 Å². The monoisotopic (exact) mass is 560 g/mol. The topological polar surface area (TPSA) is 69.9 Å². The van der Waals surface area contributed by atoms with Crippen molar-refractivity contribution in [3.8, 4) is 5.75 Å². The number of rotatable bonds is 7. The molecule has 2 heterocycles. The van der Waals surface area contributed by atoms with E-state index in [4.69, 9.17) is 14.5 Å². The summed E-state index contributed by atoms with van der Waals surface area (Å²) in [5.41, 5.74) is 3.47. The van der Waals surface area contributed by atoms with Gasteiger partial charge >= 0.3 is 5.97 Å². The Morgan fingerprint density at radius 1 is 0.976 bits per heavy atom. The van der Waals surface area contributed by atoms with E-state index in [0.29, 0.717) is 33.0 Å². The van der Waals surface area contributed by atoms with Gasteiger partial charge in [-0.2, -0.15) is 0 Å². The van der Waals surface area contributed by atoms with Crippen LogP contribution in [0.25, 0.3) is 16.8 Å². The number of hydrogen-bond donors (Lipinski definition) is 0. The summed E-state index contributed by atoms with van der Waals surface area (Å²) in [6.07, 6.45) is 1.85. The van der Waals surface area contributed by atoms with Crippen LogP contribution < -0.4 is 19.6 Å². The molecule has 0 amide bonds. The second-order valence-corrected chi connectivity index (χ2v) is 10.7. The molecule has 4 aromatic carbocycles. The lowest BCUT2D eigenvalue weighted by molar-refractivity contribution is -0.139. The van der Waals surface area contributed by atoms with E-state index >= 15 is 0 Å². The van der Waals surface area contributed by atoms with Gasteiger partial charge in [-0.25, -0.2) is 9.79 Å². The van der Waals surface area contributed by atoms with Crippen molar-refractivity contribution in [2.75, 3.05) is 6.61 Å². The van der Waals surface area contributed by atoms with E-state index in [9.17, 15) is 9.59 Å². The smallest absolute Gasteiger partial charge is 0.338 e. The van der Waals surface area contributed by atoms with Crippen molar-refractivity contribution in [3.05, 3.63) is 145 Å². The number of nitrogens with zero attached hydrogens (tertiary/aromatic N) is 2.